The van der Waals surface area contributed by atoms with E-state index in [2.05, 4.69) is 109 Å². The van der Waals surface area contributed by atoms with Crippen LogP contribution in [-0.2, 0) is 6.54 Å². The number of allylic oxidation sites excluding steroid dienone is 1. The van der Waals surface area contributed by atoms with Crippen molar-refractivity contribution in [3.63, 3.8) is 0 Å². The fourth-order valence-electron chi connectivity index (χ4n) is 4.26. The molecule has 0 aliphatic heterocycles. The molecule has 0 aliphatic carbocycles. The summed E-state index contributed by atoms with van der Waals surface area (Å²) in [5, 5.41) is 2.53. The topological polar surface area (TPSA) is 17.3 Å². The smallest absolute Gasteiger partial charge is 0.0637 e. The second-order valence-electron chi connectivity index (χ2n) is 7.55. The van der Waals surface area contributed by atoms with Gasteiger partial charge in [-0.3, -0.25) is 4.99 Å². The van der Waals surface area contributed by atoms with Gasteiger partial charge >= 0.3 is 0 Å². The highest BCUT2D eigenvalue weighted by Crippen LogP contribution is 2.31. The van der Waals surface area contributed by atoms with Crippen molar-refractivity contribution in [1.29, 1.82) is 0 Å². The number of aliphatic imine (C=N–C) groups is 1. The molecule has 0 bridgehead atoms. The van der Waals surface area contributed by atoms with Crippen LogP contribution in [0.5, 0.6) is 0 Å². The minimum Gasteiger partial charge on any atom is -0.341 e. The summed E-state index contributed by atoms with van der Waals surface area (Å²) in [5.41, 5.74) is 7.02. The lowest BCUT2D eigenvalue weighted by Crippen LogP contribution is -1.92. The summed E-state index contributed by atoms with van der Waals surface area (Å²) in [4.78, 5) is 4.78. The molecule has 1 heterocycles. The van der Waals surface area contributed by atoms with Gasteiger partial charge < -0.3 is 4.57 Å². The molecule has 2 heteroatoms. The number of benzene rings is 4. The Morgan fingerprint density at radius 1 is 0.710 bits per heavy atom. The first-order valence-electron chi connectivity index (χ1n) is 10.7. The number of hydrogen-bond donors (Lipinski definition) is 0. The van der Waals surface area contributed by atoms with Crippen molar-refractivity contribution in [2.75, 3.05) is 0 Å². The molecule has 5 rings (SSSR count). The zero-order valence-corrected chi connectivity index (χ0v) is 17.6. The Bertz CT molecular complexity index is 1350. The number of hydrogen-bond acceptors (Lipinski definition) is 1. The molecule has 0 spiro atoms. The van der Waals surface area contributed by atoms with Crippen LogP contribution in [0.1, 0.15) is 18.1 Å². The number of para-hydroxylation sites is 1. The molecule has 0 saturated carbocycles. The number of rotatable bonds is 5. The molecule has 150 valence electrons. The van der Waals surface area contributed by atoms with Gasteiger partial charge in [0.2, 0.25) is 0 Å². The van der Waals surface area contributed by atoms with Crippen LogP contribution in [0.15, 0.2) is 114 Å². The van der Waals surface area contributed by atoms with Crippen LogP contribution in [0.3, 0.4) is 0 Å². The van der Waals surface area contributed by atoms with Gasteiger partial charge in [0.1, 0.15) is 0 Å². The fourth-order valence-corrected chi connectivity index (χ4v) is 4.26. The molecule has 0 N–H and O–H groups in total. The standard InChI is InChI=1S/C29H24N2/c1-2-31-28-16-10-9-15-26(28)27-21-24(17-18-29(27)31)30-20-19-25(22-11-5-3-6-12-22)23-13-7-4-8-14-23/h3-21H,2H2,1H3. The van der Waals surface area contributed by atoms with Gasteiger partial charge in [-0.1, -0.05) is 78.9 Å². The highest BCUT2D eigenvalue weighted by atomic mass is 15.0. The molecule has 1 aromatic heterocycles. The minimum atomic E-state index is 0.951. The summed E-state index contributed by atoms with van der Waals surface area (Å²) in [6.45, 7) is 3.14. The maximum Gasteiger partial charge on any atom is 0.0637 e. The van der Waals surface area contributed by atoms with Crippen LogP contribution < -0.4 is 0 Å². The molecule has 0 amide bonds. The Balaban J connectivity index is 1.56. The van der Waals surface area contributed by atoms with Crippen molar-refractivity contribution < 1.29 is 0 Å². The first kappa shape index (κ1) is 19.1. The molecule has 2 nitrogen and oxygen atoms in total. The largest absolute Gasteiger partial charge is 0.341 e. The van der Waals surface area contributed by atoms with Gasteiger partial charge in [-0.2, -0.15) is 0 Å². The Kier molecular flexibility index (Phi) is 5.20. The molecule has 4 aromatic carbocycles. The van der Waals surface area contributed by atoms with Gasteiger partial charge in [-0.25, -0.2) is 0 Å². The third kappa shape index (κ3) is 3.69. The molecule has 0 fully saturated rings. The first-order valence-corrected chi connectivity index (χ1v) is 10.7. The highest BCUT2D eigenvalue weighted by Gasteiger charge is 2.09. The molecule has 0 saturated heterocycles. The summed E-state index contributed by atoms with van der Waals surface area (Å²) in [7, 11) is 0. The van der Waals surface area contributed by atoms with Gasteiger partial charge in [0.05, 0.1) is 5.69 Å². The summed E-state index contributed by atoms with van der Waals surface area (Å²) in [6, 6.07) is 36.0. The van der Waals surface area contributed by atoms with E-state index in [0.717, 1.165) is 17.8 Å². The van der Waals surface area contributed by atoms with E-state index >= 15 is 0 Å². The van der Waals surface area contributed by atoms with Crippen LogP contribution >= 0.6 is 0 Å². The van der Waals surface area contributed by atoms with E-state index < -0.39 is 0 Å². The number of nitrogens with zero attached hydrogens (tertiary/aromatic N) is 2. The maximum atomic E-state index is 4.78. The first-order chi connectivity index (χ1) is 15.3. The van der Waals surface area contributed by atoms with E-state index in [9.17, 15) is 0 Å². The van der Waals surface area contributed by atoms with Crippen LogP contribution in [0.4, 0.5) is 5.69 Å². The van der Waals surface area contributed by atoms with Crippen LogP contribution in [0.2, 0.25) is 0 Å². The average molecular weight is 401 g/mol. The number of aryl methyl sites for hydroxylation is 1. The maximum absolute atomic E-state index is 4.78. The summed E-state index contributed by atoms with van der Waals surface area (Å²) < 4.78 is 2.36. The van der Waals surface area contributed by atoms with Crippen LogP contribution in [0.25, 0.3) is 27.4 Å². The van der Waals surface area contributed by atoms with E-state index in [-0.39, 0.29) is 0 Å². The molecule has 0 radical (unpaired) electrons. The highest BCUT2D eigenvalue weighted by molar-refractivity contribution is 6.09. The quantitative estimate of drug-likeness (QED) is 0.270. The fraction of sp³-hybridized carbons (Fsp3) is 0.0690. The van der Waals surface area contributed by atoms with Crippen molar-refractivity contribution in [1.82, 2.24) is 4.57 Å². The lowest BCUT2D eigenvalue weighted by Gasteiger charge is -2.07. The van der Waals surface area contributed by atoms with Gasteiger partial charge in [0.25, 0.3) is 0 Å². The zero-order valence-electron chi connectivity index (χ0n) is 17.6. The molecule has 0 aliphatic rings. The zero-order chi connectivity index (χ0) is 21.0. The monoisotopic (exact) mass is 400 g/mol. The van der Waals surface area contributed by atoms with E-state index in [1.54, 1.807) is 0 Å². The minimum absolute atomic E-state index is 0.951. The van der Waals surface area contributed by atoms with Crippen molar-refractivity contribution in [2.45, 2.75) is 13.5 Å². The van der Waals surface area contributed by atoms with Crippen molar-refractivity contribution in [2.24, 2.45) is 4.99 Å². The molecular weight excluding hydrogens is 376 g/mol. The second-order valence-corrected chi connectivity index (χ2v) is 7.55. The lowest BCUT2D eigenvalue weighted by atomic mass is 9.98. The van der Waals surface area contributed by atoms with Crippen molar-refractivity contribution in [3.05, 3.63) is 120 Å². The van der Waals surface area contributed by atoms with Gasteiger partial charge in [-0.15, -0.1) is 0 Å². The summed E-state index contributed by atoms with van der Waals surface area (Å²) in [5.74, 6) is 0. The van der Waals surface area contributed by atoms with Crippen molar-refractivity contribution in [3.8, 4) is 0 Å². The predicted molar refractivity (Wildman–Crippen MR) is 133 cm³/mol. The third-order valence-corrected chi connectivity index (χ3v) is 5.71. The second kappa shape index (κ2) is 8.45. The SMILES string of the molecule is CCn1c2ccccc2c2cc(N=CC=C(c3ccccc3)c3ccccc3)ccc21. The summed E-state index contributed by atoms with van der Waals surface area (Å²) >= 11 is 0. The van der Waals surface area contributed by atoms with Crippen LogP contribution in [0, 0.1) is 0 Å². The molecule has 5 aromatic rings. The van der Waals surface area contributed by atoms with Crippen LogP contribution in [-0.4, -0.2) is 10.8 Å². The number of aromatic nitrogens is 1. The summed E-state index contributed by atoms with van der Waals surface area (Å²) in [6.07, 6.45) is 4.01. The third-order valence-electron chi connectivity index (χ3n) is 5.71. The van der Waals surface area contributed by atoms with E-state index in [0.29, 0.717) is 0 Å². The Hall–Kier alpha value is -3.91. The van der Waals surface area contributed by atoms with E-state index in [1.807, 2.05) is 18.3 Å². The molecule has 0 atom stereocenters. The normalized spacial score (nSPS) is 11.4. The Morgan fingerprint density at radius 3 is 2.00 bits per heavy atom. The van der Waals surface area contributed by atoms with E-state index in [4.69, 9.17) is 4.99 Å². The molecule has 31 heavy (non-hydrogen) atoms. The van der Waals surface area contributed by atoms with Gasteiger partial charge in [0.15, 0.2) is 0 Å². The van der Waals surface area contributed by atoms with Gasteiger partial charge in [0, 0.05) is 34.6 Å². The molecular formula is C29H24N2. The lowest BCUT2D eigenvalue weighted by molar-refractivity contribution is 0.827. The predicted octanol–water partition coefficient (Wildman–Crippen LogP) is 7.65. The Labute approximate surface area is 182 Å². The molecule has 0 unspecified atom stereocenters. The number of fused-ring (bicyclic) bond motifs is 3. The Morgan fingerprint density at radius 2 is 1.32 bits per heavy atom. The van der Waals surface area contributed by atoms with Crippen molar-refractivity contribution >= 4 is 39.3 Å². The van der Waals surface area contributed by atoms with Gasteiger partial charge in [-0.05, 0) is 54.0 Å². The average Bonchev–Trinajstić information content (AvgIpc) is 3.16. The van der Waals surface area contributed by atoms with E-state index in [1.165, 1.54) is 32.9 Å².